The summed E-state index contributed by atoms with van der Waals surface area (Å²) < 4.78 is 0. The SMILES string of the molecule is NCC1(CO)C=CC(O)=C(CO)C1. The third-order valence-corrected chi connectivity index (χ3v) is 2.43. The summed E-state index contributed by atoms with van der Waals surface area (Å²) in [5, 5.41) is 27.3. The van der Waals surface area contributed by atoms with Crippen LogP contribution in [0.15, 0.2) is 23.5 Å². The van der Waals surface area contributed by atoms with Gasteiger partial charge in [-0.3, -0.25) is 0 Å². The van der Waals surface area contributed by atoms with Gasteiger partial charge >= 0.3 is 0 Å². The number of aliphatic hydroxyl groups excluding tert-OH is 3. The van der Waals surface area contributed by atoms with Crippen molar-refractivity contribution in [1.82, 2.24) is 0 Å². The first-order valence-electron chi connectivity index (χ1n) is 4.19. The lowest BCUT2D eigenvalue weighted by Gasteiger charge is -2.30. The highest BCUT2D eigenvalue weighted by atomic mass is 16.3. The Bertz CT molecular complexity index is 241. The van der Waals surface area contributed by atoms with Gasteiger partial charge in [0.15, 0.2) is 0 Å². The maximum absolute atomic E-state index is 9.30. The van der Waals surface area contributed by atoms with Gasteiger partial charge in [-0.05, 0) is 18.1 Å². The molecule has 4 heteroatoms. The third-order valence-electron chi connectivity index (χ3n) is 2.43. The zero-order valence-corrected chi connectivity index (χ0v) is 7.40. The summed E-state index contributed by atoms with van der Waals surface area (Å²) in [5.74, 6) is 0.0834. The molecule has 0 radical (unpaired) electrons. The molecule has 1 rings (SSSR count). The Kier molecular flexibility index (Phi) is 3.08. The van der Waals surface area contributed by atoms with Crippen LogP contribution in [0.2, 0.25) is 0 Å². The molecule has 0 aliphatic heterocycles. The van der Waals surface area contributed by atoms with E-state index in [2.05, 4.69) is 0 Å². The van der Waals surface area contributed by atoms with E-state index in [1.807, 2.05) is 0 Å². The first-order valence-corrected chi connectivity index (χ1v) is 4.19. The number of rotatable bonds is 3. The number of hydrogen-bond donors (Lipinski definition) is 4. The van der Waals surface area contributed by atoms with Gasteiger partial charge in [0.1, 0.15) is 5.76 Å². The molecule has 0 aromatic rings. The monoisotopic (exact) mass is 185 g/mol. The minimum absolute atomic E-state index is 0.0726. The van der Waals surface area contributed by atoms with Crippen molar-refractivity contribution in [2.75, 3.05) is 19.8 Å². The molecule has 5 N–H and O–H groups in total. The summed E-state index contributed by atoms with van der Waals surface area (Å²) in [6, 6.07) is 0. The molecule has 0 aromatic carbocycles. The highest BCUT2D eigenvalue weighted by Crippen LogP contribution is 2.32. The quantitative estimate of drug-likeness (QED) is 0.485. The molecule has 0 spiro atoms. The second kappa shape index (κ2) is 3.91. The van der Waals surface area contributed by atoms with Gasteiger partial charge in [-0.15, -0.1) is 0 Å². The fourth-order valence-electron chi connectivity index (χ4n) is 1.40. The number of hydrogen-bond acceptors (Lipinski definition) is 4. The molecule has 0 aromatic heterocycles. The minimum atomic E-state index is -0.510. The van der Waals surface area contributed by atoms with Crippen molar-refractivity contribution in [3.8, 4) is 0 Å². The van der Waals surface area contributed by atoms with Gasteiger partial charge in [0.05, 0.1) is 13.2 Å². The fraction of sp³-hybridized carbons (Fsp3) is 0.556. The van der Waals surface area contributed by atoms with Crippen LogP contribution < -0.4 is 5.73 Å². The van der Waals surface area contributed by atoms with E-state index in [1.54, 1.807) is 6.08 Å². The second-order valence-electron chi connectivity index (χ2n) is 3.38. The maximum atomic E-state index is 9.30. The molecule has 1 atom stereocenters. The Hall–Kier alpha value is -0.840. The highest BCUT2D eigenvalue weighted by molar-refractivity contribution is 5.29. The molecule has 1 unspecified atom stereocenters. The Morgan fingerprint density at radius 1 is 1.46 bits per heavy atom. The topological polar surface area (TPSA) is 86.7 Å². The van der Waals surface area contributed by atoms with Gasteiger partial charge in [0.2, 0.25) is 0 Å². The molecule has 0 saturated heterocycles. The van der Waals surface area contributed by atoms with E-state index >= 15 is 0 Å². The summed E-state index contributed by atoms with van der Waals surface area (Å²) in [6.07, 6.45) is 3.60. The lowest BCUT2D eigenvalue weighted by molar-refractivity contribution is 0.164. The molecule has 74 valence electrons. The molecule has 1 aliphatic carbocycles. The van der Waals surface area contributed by atoms with Crippen LogP contribution in [0, 0.1) is 5.41 Å². The van der Waals surface area contributed by atoms with E-state index < -0.39 is 5.41 Å². The second-order valence-corrected chi connectivity index (χ2v) is 3.38. The molecular formula is C9H15NO3. The smallest absolute Gasteiger partial charge is 0.116 e. The Balaban J connectivity index is 2.86. The average Bonchev–Trinajstić information content (AvgIpc) is 2.19. The largest absolute Gasteiger partial charge is 0.508 e. The van der Waals surface area contributed by atoms with Crippen LogP contribution in [0.3, 0.4) is 0 Å². The van der Waals surface area contributed by atoms with E-state index in [4.69, 9.17) is 15.9 Å². The number of allylic oxidation sites excluding steroid dienone is 1. The van der Waals surface area contributed by atoms with Crippen molar-refractivity contribution in [3.05, 3.63) is 23.5 Å². The van der Waals surface area contributed by atoms with E-state index in [1.165, 1.54) is 6.08 Å². The molecule has 0 fully saturated rings. The standard InChI is InChI=1S/C9H15NO3/c10-5-9(6-12)2-1-8(13)7(3-9)4-11/h1-2,11-13H,3-6,10H2. The van der Waals surface area contributed by atoms with Crippen molar-refractivity contribution in [1.29, 1.82) is 0 Å². The van der Waals surface area contributed by atoms with Crippen LogP contribution in [0.1, 0.15) is 6.42 Å². The van der Waals surface area contributed by atoms with Crippen molar-refractivity contribution >= 4 is 0 Å². The molecule has 1 aliphatic rings. The zero-order valence-electron chi connectivity index (χ0n) is 7.40. The predicted octanol–water partition coefficient (Wildman–Crippen LogP) is -0.312. The zero-order chi connectivity index (χ0) is 9.90. The summed E-state index contributed by atoms with van der Waals surface area (Å²) in [6.45, 7) is 0.0332. The number of aliphatic hydroxyl groups is 3. The molecular weight excluding hydrogens is 170 g/mol. The van der Waals surface area contributed by atoms with Crippen molar-refractivity contribution < 1.29 is 15.3 Å². The van der Waals surface area contributed by atoms with Gasteiger partial charge in [-0.1, -0.05) is 6.08 Å². The Labute approximate surface area is 77.0 Å². The Morgan fingerprint density at radius 2 is 2.15 bits per heavy atom. The lowest BCUT2D eigenvalue weighted by atomic mass is 9.78. The average molecular weight is 185 g/mol. The molecule has 0 amide bonds. The van der Waals surface area contributed by atoms with Crippen LogP contribution in [-0.2, 0) is 0 Å². The highest BCUT2D eigenvalue weighted by Gasteiger charge is 2.29. The third kappa shape index (κ3) is 1.91. The number of nitrogens with two attached hydrogens (primary N) is 1. The maximum Gasteiger partial charge on any atom is 0.116 e. The lowest BCUT2D eigenvalue weighted by Crippen LogP contribution is -2.34. The first-order chi connectivity index (χ1) is 6.17. The van der Waals surface area contributed by atoms with Gasteiger partial charge in [-0.2, -0.15) is 0 Å². The fourth-order valence-corrected chi connectivity index (χ4v) is 1.40. The van der Waals surface area contributed by atoms with Gasteiger partial charge in [0, 0.05) is 12.0 Å². The molecule has 0 heterocycles. The van der Waals surface area contributed by atoms with E-state index in [-0.39, 0.29) is 19.0 Å². The van der Waals surface area contributed by atoms with Crippen molar-refractivity contribution in [2.45, 2.75) is 6.42 Å². The van der Waals surface area contributed by atoms with E-state index in [0.717, 1.165) is 0 Å². The van der Waals surface area contributed by atoms with Crippen LogP contribution in [0.25, 0.3) is 0 Å². The predicted molar refractivity (Wildman–Crippen MR) is 49.1 cm³/mol. The van der Waals surface area contributed by atoms with Crippen LogP contribution >= 0.6 is 0 Å². The summed E-state index contributed by atoms with van der Waals surface area (Å²) in [7, 11) is 0. The van der Waals surface area contributed by atoms with E-state index in [9.17, 15) is 5.11 Å². The van der Waals surface area contributed by atoms with Gasteiger partial charge in [0.25, 0.3) is 0 Å². The van der Waals surface area contributed by atoms with E-state index in [0.29, 0.717) is 18.5 Å². The first kappa shape index (κ1) is 10.2. The van der Waals surface area contributed by atoms with Crippen LogP contribution in [0.5, 0.6) is 0 Å². The summed E-state index contributed by atoms with van der Waals surface area (Å²) >= 11 is 0. The van der Waals surface area contributed by atoms with Gasteiger partial charge < -0.3 is 21.1 Å². The normalized spacial score (nSPS) is 28.2. The molecule has 0 saturated carbocycles. The molecule has 13 heavy (non-hydrogen) atoms. The van der Waals surface area contributed by atoms with Gasteiger partial charge in [-0.25, -0.2) is 0 Å². The van der Waals surface area contributed by atoms with Crippen molar-refractivity contribution in [3.63, 3.8) is 0 Å². The molecule has 4 nitrogen and oxygen atoms in total. The van der Waals surface area contributed by atoms with Crippen LogP contribution in [0.4, 0.5) is 0 Å². The van der Waals surface area contributed by atoms with Crippen molar-refractivity contribution in [2.24, 2.45) is 11.1 Å². The minimum Gasteiger partial charge on any atom is -0.508 e. The van der Waals surface area contributed by atoms with Crippen LogP contribution in [-0.4, -0.2) is 35.1 Å². The Morgan fingerprint density at radius 3 is 2.62 bits per heavy atom. The summed E-state index contributed by atoms with van der Waals surface area (Å²) in [5.41, 5.74) is 5.53. The molecule has 0 bridgehead atoms. The summed E-state index contributed by atoms with van der Waals surface area (Å²) in [4.78, 5) is 0.